The van der Waals surface area contributed by atoms with Crippen molar-refractivity contribution in [3.8, 4) is 11.5 Å². The minimum atomic E-state index is -0.691. The van der Waals surface area contributed by atoms with Gasteiger partial charge in [0.1, 0.15) is 5.56 Å². The molecule has 0 spiro atoms. The first kappa shape index (κ1) is 16.3. The van der Waals surface area contributed by atoms with E-state index in [9.17, 15) is 14.9 Å². The summed E-state index contributed by atoms with van der Waals surface area (Å²) < 4.78 is 5.47. The third-order valence-electron chi connectivity index (χ3n) is 3.61. The van der Waals surface area contributed by atoms with Gasteiger partial charge in [-0.1, -0.05) is 34.9 Å². The predicted octanol–water partition coefficient (Wildman–Crippen LogP) is 3.51. The van der Waals surface area contributed by atoms with Gasteiger partial charge in [-0.3, -0.25) is 20.2 Å². The minimum Gasteiger partial charge on any atom is -0.403 e. The Hall–Kier alpha value is -3.55. The number of para-hydroxylation sites is 1. The highest BCUT2D eigenvalue weighted by Gasteiger charge is 2.21. The normalized spacial score (nSPS) is 10.5. The van der Waals surface area contributed by atoms with Crippen molar-refractivity contribution in [1.29, 1.82) is 0 Å². The van der Waals surface area contributed by atoms with Crippen molar-refractivity contribution in [3.63, 3.8) is 0 Å². The van der Waals surface area contributed by atoms with E-state index in [-0.39, 0.29) is 23.2 Å². The summed E-state index contributed by atoms with van der Waals surface area (Å²) in [4.78, 5) is 22.7. The summed E-state index contributed by atoms with van der Waals surface area (Å²) in [6.07, 6.45) is 0. The molecule has 0 aliphatic rings. The predicted molar refractivity (Wildman–Crippen MR) is 90.3 cm³/mol. The summed E-state index contributed by atoms with van der Waals surface area (Å²) >= 11 is 0. The van der Waals surface area contributed by atoms with Crippen LogP contribution in [0.2, 0.25) is 0 Å². The van der Waals surface area contributed by atoms with Gasteiger partial charge in [-0.05, 0) is 31.5 Å². The number of aryl methyl sites for hydroxylation is 2. The lowest BCUT2D eigenvalue weighted by Crippen LogP contribution is -2.14. The zero-order valence-electron chi connectivity index (χ0n) is 13.5. The lowest BCUT2D eigenvalue weighted by atomic mass is 10.1. The Morgan fingerprint density at radius 3 is 2.68 bits per heavy atom. The average molecular weight is 338 g/mol. The van der Waals surface area contributed by atoms with Crippen LogP contribution in [0.15, 0.2) is 46.9 Å². The molecule has 1 N–H and O–H groups in total. The maximum atomic E-state index is 12.3. The molecule has 3 rings (SSSR count). The number of nitro groups is 1. The van der Waals surface area contributed by atoms with E-state index in [0.29, 0.717) is 0 Å². The Balaban J connectivity index is 1.86. The molecule has 3 aromatic rings. The van der Waals surface area contributed by atoms with Gasteiger partial charge in [-0.25, -0.2) is 0 Å². The van der Waals surface area contributed by atoms with E-state index in [1.54, 1.807) is 0 Å². The van der Waals surface area contributed by atoms with Gasteiger partial charge in [0, 0.05) is 11.6 Å². The van der Waals surface area contributed by atoms with Crippen LogP contribution in [-0.4, -0.2) is 21.0 Å². The fraction of sp³-hybridized carbons (Fsp3) is 0.118. The fourth-order valence-corrected chi connectivity index (χ4v) is 2.34. The van der Waals surface area contributed by atoms with E-state index < -0.39 is 10.8 Å². The van der Waals surface area contributed by atoms with Crippen molar-refractivity contribution in [3.05, 3.63) is 69.3 Å². The van der Waals surface area contributed by atoms with Crippen molar-refractivity contribution in [2.75, 3.05) is 5.32 Å². The van der Waals surface area contributed by atoms with Gasteiger partial charge in [0.25, 0.3) is 11.6 Å². The number of benzene rings is 2. The summed E-state index contributed by atoms with van der Waals surface area (Å²) in [6, 6.07) is 11.3. The van der Waals surface area contributed by atoms with Crippen LogP contribution in [0.4, 0.5) is 11.7 Å². The number of aromatic nitrogens is 2. The standard InChI is InChI=1S/C17H14N4O4/c1-10-7-8-11(2)13(9-10)16-19-20-17(25-16)18-15(22)12-5-3-4-6-14(12)21(23)24/h3-9H,1-2H3,(H,18,20,22). The smallest absolute Gasteiger partial charge is 0.322 e. The number of nitrogens with one attached hydrogen (secondary N) is 1. The maximum Gasteiger partial charge on any atom is 0.322 e. The zero-order valence-corrected chi connectivity index (χ0v) is 13.5. The molecule has 8 nitrogen and oxygen atoms in total. The third kappa shape index (κ3) is 3.37. The molecule has 0 atom stereocenters. The van der Waals surface area contributed by atoms with Gasteiger partial charge in [0.15, 0.2) is 0 Å². The van der Waals surface area contributed by atoms with Crippen LogP contribution in [0.3, 0.4) is 0 Å². The minimum absolute atomic E-state index is 0.0843. The summed E-state index contributed by atoms with van der Waals surface area (Å²) in [5, 5.41) is 21.1. The van der Waals surface area contributed by atoms with E-state index in [1.807, 2.05) is 32.0 Å². The molecule has 0 saturated carbocycles. The Morgan fingerprint density at radius 1 is 1.16 bits per heavy atom. The number of carbonyl (C=O) groups excluding carboxylic acids is 1. The summed E-state index contributed by atoms with van der Waals surface area (Å²) in [6.45, 7) is 3.85. The summed E-state index contributed by atoms with van der Waals surface area (Å²) in [5.74, 6) is -0.428. The lowest BCUT2D eigenvalue weighted by molar-refractivity contribution is -0.385. The molecule has 2 aromatic carbocycles. The van der Waals surface area contributed by atoms with Crippen LogP contribution in [0.25, 0.3) is 11.5 Å². The number of nitrogens with zero attached hydrogens (tertiary/aromatic N) is 3. The first-order chi connectivity index (χ1) is 12.0. The maximum absolute atomic E-state index is 12.3. The second-order valence-electron chi connectivity index (χ2n) is 5.46. The fourth-order valence-electron chi connectivity index (χ4n) is 2.34. The molecule has 0 aliphatic carbocycles. The molecule has 1 heterocycles. The van der Waals surface area contributed by atoms with Crippen molar-refractivity contribution >= 4 is 17.6 Å². The SMILES string of the molecule is Cc1ccc(C)c(-c2nnc(NC(=O)c3ccccc3[N+](=O)[O-])o2)c1. The van der Waals surface area contributed by atoms with Crippen molar-refractivity contribution < 1.29 is 14.1 Å². The highest BCUT2D eigenvalue weighted by Crippen LogP contribution is 2.25. The van der Waals surface area contributed by atoms with Crippen molar-refractivity contribution in [2.45, 2.75) is 13.8 Å². The second-order valence-corrected chi connectivity index (χ2v) is 5.46. The molecule has 0 unspecified atom stereocenters. The zero-order chi connectivity index (χ0) is 18.0. The topological polar surface area (TPSA) is 111 Å². The van der Waals surface area contributed by atoms with Crippen LogP contribution >= 0.6 is 0 Å². The Kier molecular flexibility index (Phi) is 4.25. The van der Waals surface area contributed by atoms with Gasteiger partial charge in [0.05, 0.1) is 4.92 Å². The molecule has 8 heteroatoms. The van der Waals surface area contributed by atoms with E-state index >= 15 is 0 Å². The summed E-state index contributed by atoms with van der Waals surface area (Å²) in [7, 11) is 0. The Labute approximate surface area is 142 Å². The lowest BCUT2D eigenvalue weighted by Gasteiger charge is -2.03. The molecule has 0 aliphatic heterocycles. The molecule has 25 heavy (non-hydrogen) atoms. The molecule has 0 fully saturated rings. The average Bonchev–Trinajstić information content (AvgIpc) is 3.05. The highest BCUT2D eigenvalue weighted by atomic mass is 16.6. The first-order valence-electron chi connectivity index (χ1n) is 7.41. The first-order valence-corrected chi connectivity index (χ1v) is 7.41. The molecule has 0 saturated heterocycles. The van der Waals surface area contributed by atoms with Crippen LogP contribution in [0.5, 0.6) is 0 Å². The number of nitro benzene ring substituents is 1. The van der Waals surface area contributed by atoms with E-state index in [4.69, 9.17) is 4.42 Å². The van der Waals surface area contributed by atoms with Crippen LogP contribution in [0, 0.1) is 24.0 Å². The number of hydrogen-bond donors (Lipinski definition) is 1. The summed E-state index contributed by atoms with van der Waals surface area (Å²) in [5.41, 5.74) is 2.36. The number of anilines is 1. The van der Waals surface area contributed by atoms with Gasteiger partial charge < -0.3 is 4.42 Å². The van der Waals surface area contributed by atoms with Gasteiger partial charge in [-0.15, -0.1) is 5.10 Å². The van der Waals surface area contributed by atoms with Gasteiger partial charge >= 0.3 is 6.01 Å². The van der Waals surface area contributed by atoms with Crippen LogP contribution < -0.4 is 5.32 Å². The largest absolute Gasteiger partial charge is 0.403 e. The van der Waals surface area contributed by atoms with Crippen molar-refractivity contribution in [1.82, 2.24) is 10.2 Å². The third-order valence-corrected chi connectivity index (χ3v) is 3.61. The van der Waals surface area contributed by atoms with E-state index in [0.717, 1.165) is 16.7 Å². The molecule has 1 aromatic heterocycles. The molecular formula is C17H14N4O4. The van der Waals surface area contributed by atoms with Gasteiger partial charge in [-0.2, -0.15) is 0 Å². The monoisotopic (exact) mass is 338 g/mol. The molecule has 126 valence electrons. The van der Waals surface area contributed by atoms with Crippen LogP contribution in [-0.2, 0) is 0 Å². The number of rotatable bonds is 4. The molecule has 0 bridgehead atoms. The number of amides is 1. The van der Waals surface area contributed by atoms with Gasteiger partial charge in [0.2, 0.25) is 5.89 Å². The van der Waals surface area contributed by atoms with E-state index in [2.05, 4.69) is 15.5 Å². The van der Waals surface area contributed by atoms with Crippen LogP contribution in [0.1, 0.15) is 21.5 Å². The van der Waals surface area contributed by atoms with Crippen molar-refractivity contribution in [2.24, 2.45) is 0 Å². The highest BCUT2D eigenvalue weighted by molar-refractivity contribution is 6.06. The Morgan fingerprint density at radius 2 is 1.92 bits per heavy atom. The van der Waals surface area contributed by atoms with E-state index in [1.165, 1.54) is 24.3 Å². The Bertz CT molecular complexity index is 965. The molecular weight excluding hydrogens is 324 g/mol. The number of hydrogen-bond acceptors (Lipinski definition) is 6. The molecule has 0 radical (unpaired) electrons. The number of carbonyl (C=O) groups is 1. The second kappa shape index (κ2) is 6.52. The molecule has 1 amide bonds. The quantitative estimate of drug-likeness (QED) is 0.575.